The Morgan fingerprint density at radius 1 is 1.17 bits per heavy atom. The second-order valence-corrected chi connectivity index (χ2v) is 7.23. The number of nitrogens with zero attached hydrogens (tertiary/aromatic N) is 4. The highest BCUT2D eigenvalue weighted by Crippen LogP contribution is 2.38. The molecular formula is C18H21N5O. The van der Waals surface area contributed by atoms with Crippen LogP contribution in [0.15, 0.2) is 23.0 Å². The van der Waals surface area contributed by atoms with E-state index in [1.807, 2.05) is 17.6 Å². The fraction of sp³-hybridized carbons (Fsp3) is 0.500. The number of nitrogens with one attached hydrogen (secondary N) is 1. The number of aromatic nitrogens is 3. The molecule has 0 aromatic carbocycles. The van der Waals surface area contributed by atoms with Crippen LogP contribution < -0.4 is 15.8 Å². The number of hydrogen-bond donors (Lipinski definition) is 1. The molecule has 0 aliphatic carbocycles. The molecule has 124 valence electrons. The standard InChI is InChI=1S/C18H21N5O/c1-11-20-15-7-19-6-14(15)18(21-11)22-8-12-5-13(10-22)16-3-2-4-17(24)23(16)9-12/h2-4,12-13,19H,5-10H2,1H3. The van der Waals surface area contributed by atoms with Crippen LogP contribution in [0.25, 0.3) is 0 Å². The molecular weight excluding hydrogens is 302 g/mol. The Hall–Kier alpha value is -2.21. The second kappa shape index (κ2) is 5.14. The molecule has 2 atom stereocenters. The van der Waals surface area contributed by atoms with Crippen LogP contribution in [-0.2, 0) is 19.6 Å². The molecule has 2 unspecified atom stereocenters. The number of piperidine rings is 1. The summed E-state index contributed by atoms with van der Waals surface area (Å²) in [7, 11) is 0. The van der Waals surface area contributed by atoms with Gasteiger partial charge in [-0.3, -0.25) is 4.79 Å². The van der Waals surface area contributed by atoms with Crippen molar-refractivity contribution in [1.82, 2.24) is 19.9 Å². The first-order valence-electron chi connectivity index (χ1n) is 8.71. The quantitative estimate of drug-likeness (QED) is 0.854. The molecule has 0 amide bonds. The summed E-state index contributed by atoms with van der Waals surface area (Å²) in [6, 6.07) is 5.68. The fourth-order valence-electron chi connectivity index (χ4n) is 4.60. The predicted octanol–water partition coefficient (Wildman–Crippen LogP) is 1.17. The third-order valence-corrected chi connectivity index (χ3v) is 5.56. The summed E-state index contributed by atoms with van der Waals surface area (Å²) in [4.78, 5) is 24.0. The van der Waals surface area contributed by atoms with Gasteiger partial charge in [0.25, 0.3) is 5.56 Å². The highest BCUT2D eigenvalue weighted by atomic mass is 16.1. The molecule has 5 heterocycles. The van der Waals surface area contributed by atoms with Crippen molar-refractivity contribution in [3.8, 4) is 0 Å². The van der Waals surface area contributed by atoms with E-state index < -0.39 is 0 Å². The minimum Gasteiger partial charge on any atom is -0.355 e. The molecule has 0 radical (unpaired) electrons. The van der Waals surface area contributed by atoms with Crippen molar-refractivity contribution >= 4 is 5.82 Å². The summed E-state index contributed by atoms with van der Waals surface area (Å²) < 4.78 is 1.98. The lowest BCUT2D eigenvalue weighted by Gasteiger charge is -2.43. The summed E-state index contributed by atoms with van der Waals surface area (Å²) in [5.74, 6) is 2.87. The molecule has 0 saturated carbocycles. The van der Waals surface area contributed by atoms with Crippen molar-refractivity contribution in [3.05, 3.63) is 51.3 Å². The molecule has 6 nitrogen and oxygen atoms in total. The van der Waals surface area contributed by atoms with Gasteiger partial charge in [-0.25, -0.2) is 9.97 Å². The smallest absolute Gasteiger partial charge is 0.250 e. The lowest BCUT2D eigenvalue weighted by molar-refractivity contribution is 0.280. The van der Waals surface area contributed by atoms with Crippen molar-refractivity contribution in [3.63, 3.8) is 0 Å². The average Bonchev–Trinajstić information content (AvgIpc) is 3.03. The van der Waals surface area contributed by atoms with E-state index in [-0.39, 0.29) is 5.56 Å². The number of hydrogen-bond acceptors (Lipinski definition) is 5. The van der Waals surface area contributed by atoms with E-state index in [9.17, 15) is 4.79 Å². The Kier molecular flexibility index (Phi) is 3.03. The van der Waals surface area contributed by atoms with E-state index in [0.717, 1.165) is 50.1 Å². The number of pyridine rings is 1. The largest absolute Gasteiger partial charge is 0.355 e. The fourth-order valence-corrected chi connectivity index (χ4v) is 4.60. The minimum absolute atomic E-state index is 0.138. The molecule has 2 aromatic heterocycles. The van der Waals surface area contributed by atoms with Crippen molar-refractivity contribution in [2.45, 2.75) is 38.9 Å². The van der Waals surface area contributed by atoms with Gasteiger partial charge in [0.05, 0.1) is 5.69 Å². The van der Waals surface area contributed by atoms with Gasteiger partial charge < -0.3 is 14.8 Å². The van der Waals surface area contributed by atoms with Gasteiger partial charge in [-0.05, 0) is 25.3 Å². The van der Waals surface area contributed by atoms with Gasteiger partial charge in [0, 0.05) is 56.0 Å². The second-order valence-electron chi connectivity index (χ2n) is 7.23. The molecule has 0 spiro atoms. The zero-order chi connectivity index (χ0) is 16.3. The van der Waals surface area contributed by atoms with Crippen LogP contribution in [0, 0.1) is 12.8 Å². The van der Waals surface area contributed by atoms with E-state index in [1.54, 1.807) is 6.07 Å². The van der Waals surface area contributed by atoms with E-state index in [0.29, 0.717) is 11.8 Å². The van der Waals surface area contributed by atoms with Crippen LogP contribution in [0.5, 0.6) is 0 Å². The van der Waals surface area contributed by atoms with E-state index in [1.165, 1.54) is 17.7 Å². The van der Waals surface area contributed by atoms with Gasteiger partial charge in [0.2, 0.25) is 0 Å². The predicted molar refractivity (Wildman–Crippen MR) is 91.1 cm³/mol. The molecule has 2 bridgehead atoms. The molecule has 1 saturated heterocycles. The van der Waals surface area contributed by atoms with E-state index in [2.05, 4.69) is 21.3 Å². The molecule has 5 rings (SSSR count). The Morgan fingerprint density at radius 3 is 3.00 bits per heavy atom. The summed E-state index contributed by atoms with van der Waals surface area (Å²) in [6.45, 7) is 6.40. The zero-order valence-electron chi connectivity index (χ0n) is 13.8. The third-order valence-electron chi connectivity index (χ3n) is 5.56. The van der Waals surface area contributed by atoms with E-state index in [4.69, 9.17) is 4.98 Å². The Labute approximate surface area is 140 Å². The zero-order valence-corrected chi connectivity index (χ0v) is 13.8. The van der Waals surface area contributed by atoms with Gasteiger partial charge in [-0.15, -0.1) is 0 Å². The average molecular weight is 323 g/mol. The first-order chi connectivity index (χ1) is 11.7. The van der Waals surface area contributed by atoms with Crippen molar-refractivity contribution < 1.29 is 0 Å². The van der Waals surface area contributed by atoms with Gasteiger partial charge >= 0.3 is 0 Å². The molecule has 2 aromatic rings. The van der Waals surface area contributed by atoms with Crippen molar-refractivity contribution in [1.29, 1.82) is 0 Å². The van der Waals surface area contributed by atoms with Gasteiger partial charge in [-0.2, -0.15) is 0 Å². The highest BCUT2D eigenvalue weighted by Gasteiger charge is 2.36. The Morgan fingerprint density at radius 2 is 2.08 bits per heavy atom. The lowest BCUT2D eigenvalue weighted by atomic mass is 9.83. The van der Waals surface area contributed by atoms with Crippen LogP contribution in [0.4, 0.5) is 5.82 Å². The number of fused-ring (bicyclic) bond motifs is 5. The number of aryl methyl sites for hydroxylation is 1. The molecule has 3 aliphatic heterocycles. The Balaban J connectivity index is 1.55. The monoisotopic (exact) mass is 323 g/mol. The summed E-state index contributed by atoms with van der Waals surface area (Å²) in [5.41, 5.74) is 3.72. The SMILES string of the molecule is Cc1nc2c(c(N3CC4CC(C3)c3cccc(=O)n3C4)n1)CNC2. The maximum Gasteiger partial charge on any atom is 0.250 e. The maximum absolute atomic E-state index is 12.2. The van der Waals surface area contributed by atoms with Crippen LogP contribution in [0.1, 0.15) is 35.1 Å². The summed E-state index contributed by atoms with van der Waals surface area (Å²) in [6.07, 6.45) is 1.17. The summed E-state index contributed by atoms with van der Waals surface area (Å²) >= 11 is 0. The molecule has 3 aliphatic rings. The first-order valence-corrected chi connectivity index (χ1v) is 8.71. The minimum atomic E-state index is 0.138. The van der Waals surface area contributed by atoms with Crippen molar-refractivity contribution in [2.75, 3.05) is 18.0 Å². The van der Waals surface area contributed by atoms with Gasteiger partial charge in [-0.1, -0.05) is 6.07 Å². The normalized spacial score (nSPS) is 24.6. The van der Waals surface area contributed by atoms with Crippen LogP contribution in [0.3, 0.4) is 0 Å². The molecule has 1 fully saturated rings. The maximum atomic E-state index is 12.2. The number of rotatable bonds is 1. The topological polar surface area (TPSA) is 63.1 Å². The van der Waals surface area contributed by atoms with Gasteiger partial charge in [0.1, 0.15) is 11.6 Å². The lowest BCUT2D eigenvalue weighted by Crippen LogP contribution is -2.47. The first kappa shape index (κ1) is 14.2. The molecule has 24 heavy (non-hydrogen) atoms. The molecule has 6 heteroatoms. The Bertz CT molecular complexity index is 874. The van der Waals surface area contributed by atoms with E-state index >= 15 is 0 Å². The summed E-state index contributed by atoms with van der Waals surface area (Å²) in [5, 5.41) is 3.39. The van der Waals surface area contributed by atoms with Crippen LogP contribution in [0.2, 0.25) is 0 Å². The van der Waals surface area contributed by atoms with Gasteiger partial charge in [0.15, 0.2) is 0 Å². The molecule has 1 N–H and O–H groups in total. The van der Waals surface area contributed by atoms with Crippen LogP contribution in [-0.4, -0.2) is 27.6 Å². The third kappa shape index (κ3) is 2.09. The van der Waals surface area contributed by atoms with Crippen molar-refractivity contribution in [2.24, 2.45) is 5.92 Å². The number of anilines is 1. The highest BCUT2D eigenvalue weighted by molar-refractivity contribution is 5.52. The van der Waals surface area contributed by atoms with Crippen LogP contribution >= 0.6 is 0 Å².